The van der Waals surface area contributed by atoms with Crippen molar-refractivity contribution in [2.24, 2.45) is 0 Å². The monoisotopic (exact) mass is 403 g/mol. The number of hydrogen-bond donors (Lipinski definition) is 1. The highest BCUT2D eigenvalue weighted by atomic mass is 32.2. The fourth-order valence-electron chi connectivity index (χ4n) is 3.59. The van der Waals surface area contributed by atoms with Crippen LogP contribution >= 0.6 is 0 Å². The van der Waals surface area contributed by atoms with Gasteiger partial charge in [0.25, 0.3) is 0 Å². The third kappa shape index (κ3) is 3.53. The average Bonchev–Trinajstić information content (AvgIpc) is 2.72. The van der Waals surface area contributed by atoms with Crippen molar-refractivity contribution in [1.29, 1.82) is 0 Å². The van der Waals surface area contributed by atoms with Gasteiger partial charge >= 0.3 is 11.9 Å². The first-order valence-corrected chi connectivity index (χ1v) is 10.3. The highest BCUT2D eigenvalue weighted by molar-refractivity contribution is 7.92. The van der Waals surface area contributed by atoms with E-state index in [2.05, 4.69) is 5.32 Å². The quantitative estimate of drug-likeness (QED) is 0.774. The molecule has 1 N–H and O–H groups in total. The van der Waals surface area contributed by atoms with Gasteiger partial charge < -0.3 is 9.47 Å². The number of nitrogens with one attached hydrogen (secondary N) is 1. The molecule has 4 atom stereocenters. The third-order valence-corrected chi connectivity index (χ3v) is 7.34. The van der Waals surface area contributed by atoms with Crippen LogP contribution in [-0.2, 0) is 28.9 Å². The second-order valence-electron chi connectivity index (χ2n) is 6.42. The van der Waals surface area contributed by atoms with E-state index in [1.165, 1.54) is 14.2 Å². The molecule has 8 heteroatoms. The summed E-state index contributed by atoms with van der Waals surface area (Å²) >= 11 is 0. The number of methoxy groups -OCH3 is 2. The van der Waals surface area contributed by atoms with Crippen LogP contribution in [0.5, 0.6) is 0 Å². The molecule has 148 valence electrons. The fourth-order valence-corrected chi connectivity index (χ4v) is 6.12. The fraction of sp³-hybridized carbons (Fsp3) is 0.300. The summed E-state index contributed by atoms with van der Waals surface area (Å²) < 4.78 is 37.1. The van der Waals surface area contributed by atoms with Crippen molar-refractivity contribution in [1.82, 2.24) is 5.32 Å². The normalized spacial score (nSPS) is 26.2. The Morgan fingerprint density at radius 3 is 1.43 bits per heavy atom. The lowest BCUT2D eigenvalue weighted by Gasteiger charge is -2.40. The lowest BCUT2D eigenvalue weighted by Crippen LogP contribution is -2.60. The van der Waals surface area contributed by atoms with Crippen molar-refractivity contribution >= 4 is 21.8 Å². The number of sulfone groups is 1. The lowest BCUT2D eigenvalue weighted by atomic mass is 9.99. The molecule has 0 amide bonds. The van der Waals surface area contributed by atoms with Crippen molar-refractivity contribution in [3.8, 4) is 0 Å². The van der Waals surface area contributed by atoms with E-state index in [1.807, 2.05) is 0 Å². The molecule has 7 nitrogen and oxygen atoms in total. The van der Waals surface area contributed by atoms with Gasteiger partial charge in [-0.25, -0.2) is 8.42 Å². The molecule has 1 fully saturated rings. The molecule has 0 radical (unpaired) electrons. The molecule has 0 spiro atoms. The number of carbonyl (C=O) groups is 2. The molecular formula is C20H21NO6S. The predicted molar refractivity (Wildman–Crippen MR) is 102 cm³/mol. The maximum atomic E-state index is 13.7. The van der Waals surface area contributed by atoms with Crippen molar-refractivity contribution in [3.63, 3.8) is 0 Å². The van der Waals surface area contributed by atoms with Crippen LogP contribution < -0.4 is 5.32 Å². The van der Waals surface area contributed by atoms with E-state index in [1.54, 1.807) is 60.7 Å². The Bertz CT molecular complexity index is 874. The summed E-state index contributed by atoms with van der Waals surface area (Å²) in [7, 11) is -1.69. The number of ether oxygens (including phenoxy) is 2. The largest absolute Gasteiger partial charge is 0.468 e. The second-order valence-corrected chi connectivity index (χ2v) is 8.61. The highest BCUT2D eigenvalue weighted by Gasteiger charge is 2.55. The molecule has 1 aliphatic rings. The van der Waals surface area contributed by atoms with Crippen LogP contribution in [0.2, 0.25) is 0 Å². The van der Waals surface area contributed by atoms with E-state index >= 15 is 0 Å². The number of rotatable bonds is 4. The average molecular weight is 403 g/mol. The highest BCUT2D eigenvalue weighted by Crippen LogP contribution is 2.43. The van der Waals surface area contributed by atoms with Crippen molar-refractivity contribution < 1.29 is 27.5 Å². The molecule has 1 heterocycles. The van der Waals surface area contributed by atoms with Gasteiger partial charge in [0, 0.05) is 0 Å². The standard InChI is InChI=1S/C20H21NO6S/c1-26-19(22)15-17(13-9-5-3-6-10-13)28(24,25)18(14-11-7-4-8-12-14)16(21-15)20(23)27-2/h3-12,15-18,21H,1-2H3/t15-,16-,17-,18+/m1/s1. The number of benzene rings is 2. The van der Waals surface area contributed by atoms with Crippen LogP contribution in [0.25, 0.3) is 0 Å². The molecule has 3 rings (SSSR count). The maximum absolute atomic E-state index is 13.7. The molecule has 0 bridgehead atoms. The topological polar surface area (TPSA) is 98.8 Å². The van der Waals surface area contributed by atoms with Crippen molar-refractivity contribution in [2.75, 3.05) is 14.2 Å². The Balaban J connectivity index is 2.21. The van der Waals surface area contributed by atoms with Gasteiger partial charge in [-0.1, -0.05) is 60.7 Å². The minimum absolute atomic E-state index is 0.439. The van der Waals surface area contributed by atoms with E-state index < -0.39 is 44.4 Å². The molecule has 1 aliphatic heterocycles. The number of esters is 2. The van der Waals surface area contributed by atoms with E-state index in [0.29, 0.717) is 11.1 Å². The minimum atomic E-state index is -4.04. The summed E-state index contributed by atoms with van der Waals surface area (Å²) in [6.45, 7) is 0. The first-order valence-electron chi connectivity index (χ1n) is 8.66. The Hall–Kier alpha value is -2.71. The van der Waals surface area contributed by atoms with Crippen LogP contribution in [0, 0.1) is 0 Å². The summed E-state index contributed by atoms with van der Waals surface area (Å²) in [5.41, 5.74) is 0.879. The molecular weight excluding hydrogens is 382 g/mol. The minimum Gasteiger partial charge on any atom is -0.468 e. The predicted octanol–water partition coefficient (Wildman–Crippen LogP) is 1.57. The van der Waals surface area contributed by atoms with Crippen LogP contribution in [0.15, 0.2) is 60.7 Å². The molecule has 0 aromatic heterocycles. The lowest BCUT2D eigenvalue weighted by molar-refractivity contribution is -0.147. The molecule has 28 heavy (non-hydrogen) atoms. The number of carbonyl (C=O) groups excluding carboxylic acids is 2. The van der Waals surface area contributed by atoms with Gasteiger partial charge in [0.2, 0.25) is 0 Å². The summed E-state index contributed by atoms with van der Waals surface area (Å²) in [6.07, 6.45) is 0. The summed E-state index contributed by atoms with van der Waals surface area (Å²) in [5.74, 6) is -1.53. The molecule has 0 aliphatic carbocycles. The van der Waals surface area contributed by atoms with E-state index in [-0.39, 0.29) is 0 Å². The molecule has 1 saturated heterocycles. The first-order chi connectivity index (χ1) is 13.4. The third-order valence-electron chi connectivity index (χ3n) is 4.84. The van der Waals surface area contributed by atoms with Crippen molar-refractivity contribution in [3.05, 3.63) is 71.8 Å². The maximum Gasteiger partial charge on any atom is 0.324 e. The van der Waals surface area contributed by atoms with Gasteiger partial charge in [-0.3, -0.25) is 14.9 Å². The SMILES string of the molecule is COC(=O)[C@@H]1N[C@@H](C(=O)OC)[C@H](c2ccccc2)S(=O)(=O)[C@@H]1c1ccccc1. The molecule has 0 saturated carbocycles. The van der Waals surface area contributed by atoms with Gasteiger partial charge in [0.05, 0.1) is 14.2 Å². The summed E-state index contributed by atoms with van der Waals surface area (Å²) in [6, 6.07) is 14.4. The Labute approximate surface area is 163 Å². The van der Waals surface area contributed by atoms with Gasteiger partial charge in [-0.15, -0.1) is 0 Å². The van der Waals surface area contributed by atoms with Gasteiger partial charge in [-0.05, 0) is 11.1 Å². The smallest absolute Gasteiger partial charge is 0.324 e. The molecule has 2 aromatic carbocycles. The van der Waals surface area contributed by atoms with Gasteiger partial charge in [0.1, 0.15) is 22.6 Å². The summed E-state index contributed by atoms with van der Waals surface area (Å²) in [4.78, 5) is 24.9. The van der Waals surface area contributed by atoms with Gasteiger partial charge in [-0.2, -0.15) is 0 Å². The Morgan fingerprint density at radius 2 is 1.11 bits per heavy atom. The molecule has 2 aromatic rings. The zero-order valence-electron chi connectivity index (χ0n) is 15.4. The zero-order valence-corrected chi connectivity index (χ0v) is 16.3. The zero-order chi connectivity index (χ0) is 20.3. The van der Waals surface area contributed by atoms with E-state index in [9.17, 15) is 18.0 Å². The van der Waals surface area contributed by atoms with Crippen molar-refractivity contribution in [2.45, 2.75) is 22.6 Å². The van der Waals surface area contributed by atoms with Crippen LogP contribution in [-0.4, -0.2) is 46.7 Å². The van der Waals surface area contributed by atoms with Crippen LogP contribution in [0.1, 0.15) is 21.6 Å². The van der Waals surface area contributed by atoms with Crippen LogP contribution in [0.4, 0.5) is 0 Å². The van der Waals surface area contributed by atoms with Crippen LogP contribution in [0.3, 0.4) is 0 Å². The molecule has 0 unspecified atom stereocenters. The van der Waals surface area contributed by atoms with E-state index in [4.69, 9.17) is 9.47 Å². The summed E-state index contributed by atoms with van der Waals surface area (Å²) in [5, 5.41) is 0.448. The first kappa shape index (κ1) is 20.0. The van der Waals surface area contributed by atoms with Gasteiger partial charge in [0.15, 0.2) is 9.84 Å². The Kier molecular flexibility index (Phi) is 5.81. The Morgan fingerprint density at radius 1 is 0.750 bits per heavy atom. The second kappa shape index (κ2) is 8.12. The van der Waals surface area contributed by atoms with E-state index in [0.717, 1.165) is 0 Å². The number of hydrogen-bond acceptors (Lipinski definition) is 7.